The first kappa shape index (κ1) is 24.0. The Hall–Kier alpha value is -3.16. The topological polar surface area (TPSA) is 78.9 Å². The quantitative estimate of drug-likeness (QED) is 0.625. The molecule has 8 heteroatoms. The molecular weight excluding hydrogens is 430 g/mol. The molecule has 0 N–H and O–H groups in total. The summed E-state index contributed by atoms with van der Waals surface area (Å²) in [6.07, 6.45) is 3.39. The zero-order chi connectivity index (χ0) is 24.3. The van der Waals surface area contributed by atoms with E-state index in [4.69, 9.17) is 9.72 Å². The third kappa shape index (κ3) is 5.16. The number of aromatic nitrogens is 2. The van der Waals surface area contributed by atoms with Gasteiger partial charge in [0, 0.05) is 51.6 Å². The number of benzene rings is 1. The van der Waals surface area contributed by atoms with Crippen molar-refractivity contribution in [2.24, 2.45) is 0 Å². The minimum absolute atomic E-state index is 0.0302. The van der Waals surface area contributed by atoms with Gasteiger partial charge in [0.1, 0.15) is 24.0 Å². The standard InChI is InChI=1S/C26H35N5O3/c1-19-27-22(17-23(28-19)29(3)4)26(2)12-8-14-31(18-26)25(33)20-9-5-6-10-21(20)34-16-15-30-13-7-11-24(30)32/h5-6,9-10,17H,7-8,11-16,18H2,1-4H3/t26-/m1/s1. The van der Waals surface area contributed by atoms with E-state index in [1.165, 1.54) is 0 Å². The van der Waals surface area contributed by atoms with Crippen molar-refractivity contribution >= 4 is 17.6 Å². The molecule has 0 aliphatic carbocycles. The molecule has 3 heterocycles. The van der Waals surface area contributed by atoms with Crippen molar-refractivity contribution in [1.29, 1.82) is 0 Å². The van der Waals surface area contributed by atoms with Crippen molar-refractivity contribution in [3.05, 3.63) is 47.4 Å². The van der Waals surface area contributed by atoms with Crippen LogP contribution in [0, 0.1) is 6.92 Å². The minimum Gasteiger partial charge on any atom is -0.491 e. The van der Waals surface area contributed by atoms with Crippen LogP contribution in [-0.2, 0) is 10.2 Å². The van der Waals surface area contributed by atoms with Gasteiger partial charge in [0.2, 0.25) is 5.91 Å². The number of piperidine rings is 1. The summed E-state index contributed by atoms with van der Waals surface area (Å²) in [5.74, 6) is 2.33. The van der Waals surface area contributed by atoms with E-state index in [9.17, 15) is 9.59 Å². The summed E-state index contributed by atoms with van der Waals surface area (Å²) in [4.78, 5) is 40.4. The molecular formula is C26H35N5O3. The number of carbonyl (C=O) groups is 2. The fourth-order valence-electron chi connectivity index (χ4n) is 4.86. The van der Waals surface area contributed by atoms with Gasteiger partial charge in [-0.2, -0.15) is 0 Å². The molecule has 1 aromatic heterocycles. The lowest BCUT2D eigenvalue weighted by Gasteiger charge is -2.40. The second kappa shape index (κ2) is 9.99. The average molecular weight is 466 g/mol. The van der Waals surface area contributed by atoms with Crippen LogP contribution in [0.4, 0.5) is 5.82 Å². The van der Waals surface area contributed by atoms with E-state index in [-0.39, 0.29) is 17.2 Å². The van der Waals surface area contributed by atoms with E-state index in [0.717, 1.165) is 43.1 Å². The highest BCUT2D eigenvalue weighted by atomic mass is 16.5. The highest BCUT2D eigenvalue weighted by molar-refractivity contribution is 5.97. The number of anilines is 1. The zero-order valence-electron chi connectivity index (χ0n) is 20.7. The van der Waals surface area contributed by atoms with Gasteiger partial charge >= 0.3 is 0 Å². The first-order chi connectivity index (χ1) is 16.3. The molecule has 2 aromatic rings. The number of nitrogens with zero attached hydrogens (tertiary/aromatic N) is 5. The summed E-state index contributed by atoms with van der Waals surface area (Å²) < 4.78 is 5.99. The monoisotopic (exact) mass is 465 g/mol. The Kier molecular flexibility index (Phi) is 7.05. The molecule has 2 fully saturated rings. The van der Waals surface area contributed by atoms with Crippen LogP contribution in [0.15, 0.2) is 30.3 Å². The minimum atomic E-state index is -0.252. The van der Waals surface area contributed by atoms with Crippen molar-refractivity contribution in [2.75, 3.05) is 51.8 Å². The maximum Gasteiger partial charge on any atom is 0.257 e. The van der Waals surface area contributed by atoms with E-state index in [1.807, 2.05) is 66.1 Å². The molecule has 1 atom stereocenters. The summed E-state index contributed by atoms with van der Waals surface area (Å²) in [5.41, 5.74) is 1.28. The molecule has 0 radical (unpaired) electrons. The summed E-state index contributed by atoms with van der Waals surface area (Å²) >= 11 is 0. The van der Waals surface area contributed by atoms with Crippen molar-refractivity contribution in [1.82, 2.24) is 19.8 Å². The maximum atomic E-state index is 13.6. The number of ether oxygens (including phenoxy) is 1. The number of hydrogen-bond acceptors (Lipinski definition) is 6. The molecule has 0 saturated carbocycles. The van der Waals surface area contributed by atoms with Gasteiger partial charge in [-0.05, 0) is 38.3 Å². The molecule has 0 unspecified atom stereocenters. The third-order valence-corrected chi connectivity index (χ3v) is 6.79. The lowest BCUT2D eigenvalue weighted by atomic mass is 9.78. The Bertz CT molecular complexity index is 1060. The lowest BCUT2D eigenvalue weighted by molar-refractivity contribution is -0.128. The molecule has 34 heavy (non-hydrogen) atoms. The van der Waals surface area contributed by atoms with Gasteiger partial charge in [0.25, 0.3) is 5.91 Å². The fourth-order valence-corrected chi connectivity index (χ4v) is 4.86. The number of hydrogen-bond donors (Lipinski definition) is 0. The van der Waals surface area contributed by atoms with Gasteiger partial charge < -0.3 is 19.4 Å². The lowest BCUT2D eigenvalue weighted by Crippen LogP contribution is -2.47. The van der Waals surface area contributed by atoms with E-state index >= 15 is 0 Å². The number of amides is 2. The van der Waals surface area contributed by atoms with Crippen molar-refractivity contribution < 1.29 is 14.3 Å². The van der Waals surface area contributed by atoms with Gasteiger partial charge in [-0.1, -0.05) is 19.1 Å². The number of rotatable bonds is 7. The molecule has 8 nitrogen and oxygen atoms in total. The van der Waals surface area contributed by atoms with Crippen molar-refractivity contribution in [3.63, 3.8) is 0 Å². The molecule has 2 amide bonds. The first-order valence-corrected chi connectivity index (χ1v) is 12.1. The van der Waals surface area contributed by atoms with E-state index in [0.29, 0.717) is 44.0 Å². The van der Waals surface area contributed by atoms with Crippen molar-refractivity contribution in [3.8, 4) is 5.75 Å². The van der Waals surface area contributed by atoms with Crippen LogP contribution >= 0.6 is 0 Å². The van der Waals surface area contributed by atoms with Crippen molar-refractivity contribution in [2.45, 2.75) is 44.9 Å². The molecule has 0 bridgehead atoms. The Morgan fingerprint density at radius 1 is 1.18 bits per heavy atom. The number of aryl methyl sites for hydroxylation is 1. The SMILES string of the molecule is Cc1nc(N(C)C)cc([C@]2(C)CCCN(C(=O)c3ccccc3OCCN3CCCC3=O)C2)n1. The van der Waals surface area contributed by atoms with Crippen LogP contribution in [0.25, 0.3) is 0 Å². The molecule has 0 spiro atoms. The van der Waals surface area contributed by atoms with Crippen LogP contribution in [-0.4, -0.2) is 78.5 Å². The molecule has 4 rings (SSSR count). The van der Waals surface area contributed by atoms with Gasteiger partial charge in [-0.25, -0.2) is 9.97 Å². The average Bonchev–Trinajstić information content (AvgIpc) is 3.23. The first-order valence-electron chi connectivity index (χ1n) is 12.1. The van der Waals surface area contributed by atoms with Crippen LogP contribution < -0.4 is 9.64 Å². The third-order valence-electron chi connectivity index (χ3n) is 6.79. The Morgan fingerprint density at radius 3 is 2.71 bits per heavy atom. The second-order valence-electron chi connectivity index (χ2n) is 9.77. The molecule has 1 aromatic carbocycles. The molecule has 182 valence electrons. The molecule has 2 aliphatic rings. The number of likely N-dealkylation sites (tertiary alicyclic amines) is 2. The van der Waals surface area contributed by atoms with Gasteiger partial charge in [0.15, 0.2) is 0 Å². The predicted octanol–water partition coefficient (Wildman–Crippen LogP) is 3.05. The van der Waals surface area contributed by atoms with Gasteiger partial charge in [-0.15, -0.1) is 0 Å². The van der Waals surface area contributed by atoms with Crippen LogP contribution in [0.1, 0.15) is 54.5 Å². The van der Waals surface area contributed by atoms with Gasteiger partial charge in [-0.3, -0.25) is 9.59 Å². The molecule has 2 aliphatic heterocycles. The number of carbonyl (C=O) groups excluding carboxylic acids is 2. The zero-order valence-corrected chi connectivity index (χ0v) is 20.7. The van der Waals surface area contributed by atoms with Crippen LogP contribution in [0.2, 0.25) is 0 Å². The summed E-state index contributed by atoms with van der Waals surface area (Å²) in [6.45, 7) is 7.10. The largest absolute Gasteiger partial charge is 0.491 e. The smallest absolute Gasteiger partial charge is 0.257 e. The predicted molar refractivity (Wildman–Crippen MR) is 131 cm³/mol. The van der Waals surface area contributed by atoms with E-state index < -0.39 is 0 Å². The Morgan fingerprint density at radius 2 is 1.97 bits per heavy atom. The normalized spacial score (nSPS) is 20.5. The number of para-hydroxylation sites is 1. The summed E-state index contributed by atoms with van der Waals surface area (Å²) in [7, 11) is 3.95. The summed E-state index contributed by atoms with van der Waals surface area (Å²) in [5, 5.41) is 0. The highest BCUT2D eigenvalue weighted by Crippen LogP contribution is 2.35. The van der Waals surface area contributed by atoms with Crippen LogP contribution in [0.3, 0.4) is 0 Å². The summed E-state index contributed by atoms with van der Waals surface area (Å²) in [6, 6.07) is 9.44. The molecule has 2 saturated heterocycles. The Balaban J connectivity index is 1.49. The highest BCUT2D eigenvalue weighted by Gasteiger charge is 2.37. The fraction of sp³-hybridized carbons (Fsp3) is 0.538. The van der Waals surface area contributed by atoms with E-state index in [2.05, 4.69) is 11.9 Å². The van der Waals surface area contributed by atoms with Crippen LogP contribution in [0.5, 0.6) is 5.75 Å². The Labute approximate surface area is 201 Å². The van der Waals surface area contributed by atoms with Gasteiger partial charge in [0.05, 0.1) is 17.8 Å². The maximum absolute atomic E-state index is 13.6. The van der Waals surface area contributed by atoms with E-state index in [1.54, 1.807) is 0 Å². The second-order valence-corrected chi connectivity index (χ2v) is 9.77.